The monoisotopic (exact) mass is 783 g/mol. The molecular weight excluding hydrogens is 759 g/mol. The molecule has 0 aromatic heterocycles. The van der Waals surface area contributed by atoms with Crippen LogP contribution in [-0.4, -0.2) is 57.9 Å². The Balaban J connectivity index is 1.60. The molecule has 0 aliphatic carbocycles. The lowest BCUT2D eigenvalue weighted by atomic mass is 10.2. The average Bonchev–Trinajstić information content (AvgIpc) is 3.07. The molecule has 20 nitrogen and oxygen atoms in total. The number of amides is 1. The van der Waals surface area contributed by atoms with Crippen LogP contribution in [0.2, 0.25) is 0 Å². The van der Waals surface area contributed by atoms with Gasteiger partial charge in [-0.05, 0) is 54.6 Å². The highest BCUT2D eigenvalue weighted by Crippen LogP contribution is 2.43. The lowest BCUT2D eigenvalue weighted by molar-refractivity contribution is -0.434. The van der Waals surface area contributed by atoms with Gasteiger partial charge in [0.1, 0.15) is 26.9 Å². The number of hydrogen-bond acceptors (Lipinski definition) is 18. The number of nitrogens with one attached hydrogen (secondary N) is 1. The van der Waals surface area contributed by atoms with Gasteiger partial charge in [0, 0.05) is 11.3 Å². The molecule has 0 aliphatic rings. The van der Waals surface area contributed by atoms with Gasteiger partial charge in [-0.1, -0.05) is 29.3 Å². The van der Waals surface area contributed by atoms with Crippen molar-refractivity contribution in [2.24, 2.45) is 20.5 Å². The Kier molecular flexibility index (Phi) is 12.5. The third kappa shape index (κ3) is 10.3. The fourth-order valence-corrected chi connectivity index (χ4v) is 6.76. The molecule has 8 N–H and O–H groups in total. The number of sulfone groups is 1. The molecule has 1 amide bonds. The van der Waals surface area contributed by atoms with E-state index < -0.39 is 74.3 Å². The van der Waals surface area contributed by atoms with Gasteiger partial charge in [0.2, 0.25) is 0 Å². The quantitative estimate of drug-likeness (QED) is 0.0171. The van der Waals surface area contributed by atoms with Crippen molar-refractivity contribution in [3.05, 3.63) is 84.4 Å². The largest absolute Gasteiger partial charge is 0.396 e. The number of carbonyl (C=O) groups excluding carboxylic acids is 1. The summed E-state index contributed by atoms with van der Waals surface area (Å²) in [6.45, 7) is -0.317. The maximum absolute atomic E-state index is 13.0. The maximum Gasteiger partial charge on any atom is 0.296 e. The first kappa shape index (κ1) is 38.9. The van der Waals surface area contributed by atoms with E-state index in [9.17, 15) is 39.2 Å². The second kappa shape index (κ2) is 16.4. The molecule has 24 heteroatoms. The van der Waals surface area contributed by atoms with Crippen LogP contribution in [0.5, 0.6) is 0 Å². The van der Waals surface area contributed by atoms with Crippen LogP contribution in [0.25, 0.3) is 0 Å². The number of azo groups is 2. The molecule has 0 bridgehead atoms. The minimum atomic E-state index is -5.00. The molecule has 4 aromatic rings. The Morgan fingerprint density at radius 2 is 1.45 bits per heavy atom. The van der Waals surface area contributed by atoms with E-state index in [2.05, 4.69) is 35.1 Å². The molecule has 0 spiro atoms. The van der Waals surface area contributed by atoms with Crippen LogP contribution in [0, 0.1) is 0 Å². The van der Waals surface area contributed by atoms with Crippen molar-refractivity contribution in [3.63, 3.8) is 0 Å². The third-order valence-corrected chi connectivity index (χ3v) is 10.2. The van der Waals surface area contributed by atoms with Crippen molar-refractivity contribution in [1.82, 2.24) is 0 Å². The van der Waals surface area contributed by atoms with Gasteiger partial charge in [0.15, 0.2) is 22.2 Å². The molecule has 0 radical (unpaired) electrons. The van der Waals surface area contributed by atoms with Crippen LogP contribution >= 0.6 is 12.3 Å². The standard InChI is InChI=1S/C27H25N7O13S4/c28-24-21(33-32-20-9-1-2-10-22(20)50(39,40)41)15-23(51(42,43)44)25(29)26(24)34-31-18-7-3-5-16(13-18)27(35)30-17-6-4-8-19(14-17)49(37,38)12-11-45-48-47-46-36/h1-10,13-15,36H,11-12,28-29H2,(H,30,35)(H,39,40,41)(H,42,43,44). The summed E-state index contributed by atoms with van der Waals surface area (Å²) >= 11 is 0.221. The number of nitrogens with zero attached hydrogens (tertiary/aromatic N) is 4. The molecule has 4 aromatic carbocycles. The van der Waals surface area contributed by atoms with Gasteiger partial charge in [0.05, 0.1) is 34.3 Å². The molecule has 0 unspecified atom stereocenters. The van der Waals surface area contributed by atoms with Crippen molar-refractivity contribution in [2.45, 2.75) is 14.7 Å². The predicted octanol–water partition coefficient (Wildman–Crippen LogP) is 5.20. The zero-order valence-corrected chi connectivity index (χ0v) is 28.7. The SMILES string of the molecule is Nc1c(N=Nc2ccccc2S(=O)(=O)O)cc(S(=O)(=O)O)c(N)c1N=Nc1cccc(C(=O)Nc2cccc(S(=O)(=O)CCOSOOO)c2)c1. The summed E-state index contributed by atoms with van der Waals surface area (Å²) in [6, 6.07) is 16.6. The molecule has 0 atom stereocenters. The second-order valence-corrected chi connectivity index (χ2v) is 15.2. The summed E-state index contributed by atoms with van der Waals surface area (Å²) in [5, 5.41) is 29.3. The first-order valence-electron chi connectivity index (χ1n) is 13.6. The number of carbonyl (C=O) groups is 1. The number of hydrogen-bond donors (Lipinski definition) is 6. The maximum atomic E-state index is 13.0. The number of benzene rings is 4. The Bertz CT molecular complexity index is 2340. The number of anilines is 3. The third-order valence-electron chi connectivity index (χ3n) is 6.37. The molecule has 0 heterocycles. The van der Waals surface area contributed by atoms with E-state index in [4.69, 9.17) is 20.9 Å². The Morgan fingerprint density at radius 1 is 0.765 bits per heavy atom. The topological polar surface area (TPSA) is 321 Å². The fraction of sp³-hybridized carbons (Fsp3) is 0.0741. The molecule has 51 heavy (non-hydrogen) atoms. The Morgan fingerprint density at radius 3 is 2.16 bits per heavy atom. The van der Waals surface area contributed by atoms with Crippen molar-refractivity contribution >= 4 is 88.1 Å². The van der Waals surface area contributed by atoms with Gasteiger partial charge in [-0.2, -0.15) is 21.9 Å². The molecular formula is C27H25N7O13S4. The minimum Gasteiger partial charge on any atom is -0.396 e. The second-order valence-electron chi connectivity index (χ2n) is 9.77. The van der Waals surface area contributed by atoms with E-state index in [1.165, 1.54) is 66.7 Å². The molecule has 0 fully saturated rings. The summed E-state index contributed by atoms with van der Waals surface area (Å²) in [4.78, 5) is 11.4. The lowest BCUT2D eigenvalue weighted by Crippen LogP contribution is -2.14. The first-order chi connectivity index (χ1) is 24.0. The zero-order valence-electron chi connectivity index (χ0n) is 25.4. The summed E-state index contributed by atoms with van der Waals surface area (Å²) < 4.78 is 101. The number of rotatable bonds is 15. The Hall–Kier alpha value is -4.89. The molecule has 0 aliphatic heterocycles. The van der Waals surface area contributed by atoms with Crippen LogP contribution in [0.4, 0.5) is 39.8 Å². The number of nitrogens with two attached hydrogens (primary N) is 2. The van der Waals surface area contributed by atoms with Gasteiger partial charge < -0.3 is 16.8 Å². The highest BCUT2D eigenvalue weighted by Gasteiger charge is 2.23. The van der Waals surface area contributed by atoms with E-state index in [0.29, 0.717) is 0 Å². The summed E-state index contributed by atoms with van der Waals surface area (Å²) in [6.07, 6.45) is 0. The van der Waals surface area contributed by atoms with E-state index in [1.54, 1.807) is 0 Å². The highest BCUT2D eigenvalue weighted by molar-refractivity contribution is 7.91. The van der Waals surface area contributed by atoms with Gasteiger partial charge in [-0.3, -0.25) is 18.1 Å². The highest BCUT2D eigenvalue weighted by atomic mass is 32.2. The van der Waals surface area contributed by atoms with E-state index in [-0.39, 0.29) is 46.5 Å². The normalized spacial score (nSPS) is 12.5. The van der Waals surface area contributed by atoms with Crippen molar-refractivity contribution in [3.8, 4) is 0 Å². The van der Waals surface area contributed by atoms with E-state index in [0.717, 1.165) is 12.1 Å². The van der Waals surface area contributed by atoms with Gasteiger partial charge in [0.25, 0.3) is 26.1 Å². The fourth-order valence-electron chi connectivity index (χ4n) is 4.05. The van der Waals surface area contributed by atoms with Crippen molar-refractivity contribution < 1.29 is 58.0 Å². The summed E-state index contributed by atoms with van der Waals surface area (Å²) in [5.74, 6) is -1.14. The van der Waals surface area contributed by atoms with Crippen LogP contribution in [0.15, 0.2) is 114 Å². The predicted molar refractivity (Wildman–Crippen MR) is 181 cm³/mol. The molecule has 4 rings (SSSR count). The average molecular weight is 784 g/mol. The summed E-state index contributed by atoms with van der Waals surface area (Å²) in [7, 11) is -13.6. The van der Waals surface area contributed by atoms with Crippen molar-refractivity contribution in [1.29, 1.82) is 0 Å². The smallest absolute Gasteiger partial charge is 0.296 e. The zero-order chi connectivity index (χ0) is 37.4. The van der Waals surface area contributed by atoms with E-state index >= 15 is 0 Å². The van der Waals surface area contributed by atoms with Crippen LogP contribution < -0.4 is 16.8 Å². The minimum absolute atomic E-state index is 0.0359. The van der Waals surface area contributed by atoms with Crippen molar-refractivity contribution in [2.75, 3.05) is 29.1 Å². The van der Waals surface area contributed by atoms with Gasteiger partial charge >= 0.3 is 0 Å². The summed E-state index contributed by atoms with van der Waals surface area (Å²) in [5.41, 5.74) is 10.0. The van der Waals surface area contributed by atoms with Crippen LogP contribution in [0.3, 0.4) is 0 Å². The molecule has 0 saturated heterocycles. The molecule has 0 saturated carbocycles. The van der Waals surface area contributed by atoms with Gasteiger partial charge in [-0.15, -0.1) is 19.7 Å². The van der Waals surface area contributed by atoms with Crippen LogP contribution in [0.1, 0.15) is 10.4 Å². The number of nitrogen functional groups attached to an aromatic ring is 2. The van der Waals surface area contributed by atoms with E-state index in [1.807, 2.05) is 0 Å². The molecule has 270 valence electrons. The van der Waals surface area contributed by atoms with Gasteiger partial charge in [-0.25, -0.2) is 13.7 Å². The Labute approximate surface area is 293 Å². The lowest BCUT2D eigenvalue weighted by Gasteiger charge is -2.11. The van der Waals surface area contributed by atoms with Crippen LogP contribution in [-0.2, 0) is 43.6 Å². The first-order valence-corrected chi connectivity index (χ1v) is 18.8.